The van der Waals surface area contributed by atoms with E-state index in [0.717, 1.165) is 12.0 Å². The van der Waals surface area contributed by atoms with Gasteiger partial charge in [0, 0.05) is 16.5 Å². The summed E-state index contributed by atoms with van der Waals surface area (Å²) in [5.74, 6) is 0.0554. The van der Waals surface area contributed by atoms with Gasteiger partial charge in [-0.1, -0.05) is 12.1 Å². The van der Waals surface area contributed by atoms with Crippen molar-refractivity contribution in [3.05, 3.63) is 46.3 Å². The van der Waals surface area contributed by atoms with Crippen molar-refractivity contribution in [1.82, 2.24) is 5.32 Å². The topological polar surface area (TPSA) is 29.1 Å². The number of rotatable bonds is 1. The molecule has 2 aromatic rings. The smallest absolute Gasteiger partial charge is 0.251 e. The molecule has 1 aromatic heterocycles. The molecular formula is C15H15NOS. The van der Waals surface area contributed by atoms with Crippen molar-refractivity contribution in [2.45, 2.75) is 26.3 Å². The van der Waals surface area contributed by atoms with E-state index in [0.29, 0.717) is 0 Å². The van der Waals surface area contributed by atoms with Crippen LogP contribution in [-0.2, 0) is 6.42 Å². The van der Waals surface area contributed by atoms with Gasteiger partial charge in [-0.25, -0.2) is 0 Å². The van der Waals surface area contributed by atoms with E-state index in [-0.39, 0.29) is 11.9 Å². The third-order valence-electron chi connectivity index (χ3n) is 3.42. The third kappa shape index (κ3) is 1.75. The normalized spacial score (nSPS) is 18.3. The van der Waals surface area contributed by atoms with E-state index in [1.54, 1.807) is 11.3 Å². The van der Waals surface area contributed by atoms with Crippen LogP contribution in [0.4, 0.5) is 0 Å². The van der Waals surface area contributed by atoms with Gasteiger partial charge in [0.15, 0.2) is 0 Å². The Labute approximate surface area is 111 Å². The fraction of sp³-hybridized carbons (Fsp3) is 0.267. The van der Waals surface area contributed by atoms with Gasteiger partial charge in [-0.3, -0.25) is 4.79 Å². The predicted molar refractivity (Wildman–Crippen MR) is 75.1 cm³/mol. The van der Waals surface area contributed by atoms with Gasteiger partial charge < -0.3 is 5.32 Å². The molecule has 92 valence electrons. The van der Waals surface area contributed by atoms with Crippen molar-refractivity contribution in [2.75, 3.05) is 0 Å². The zero-order valence-corrected chi connectivity index (χ0v) is 11.3. The van der Waals surface area contributed by atoms with Crippen LogP contribution in [-0.4, -0.2) is 11.9 Å². The number of thiophene rings is 1. The summed E-state index contributed by atoms with van der Waals surface area (Å²) in [6, 6.07) is 8.37. The minimum absolute atomic E-state index is 0.0554. The summed E-state index contributed by atoms with van der Waals surface area (Å²) >= 11 is 1.75. The second-order valence-electron chi connectivity index (χ2n) is 4.84. The number of amides is 1. The quantitative estimate of drug-likeness (QED) is 0.833. The first-order valence-electron chi connectivity index (χ1n) is 6.14. The fourth-order valence-corrected chi connectivity index (χ4v) is 3.52. The number of fused-ring (bicyclic) bond motifs is 1. The van der Waals surface area contributed by atoms with Crippen molar-refractivity contribution in [3.63, 3.8) is 0 Å². The maximum absolute atomic E-state index is 12.0. The molecule has 3 rings (SSSR count). The van der Waals surface area contributed by atoms with Crippen LogP contribution < -0.4 is 5.32 Å². The molecule has 0 bridgehead atoms. The lowest BCUT2D eigenvalue weighted by Gasteiger charge is -2.24. The summed E-state index contributed by atoms with van der Waals surface area (Å²) in [7, 11) is 0. The first-order valence-corrected chi connectivity index (χ1v) is 7.02. The fourth-order valence-electron chi connectivity index (χ4n) is 2.54. The molecule has 1 aliphatic heterocycles. The Bertz CT molecular complexity index is 615. The van der Waals surface area contributed by atoms with Gasteiger partial charge in [-0.2, -0.15) is 0 Å². The first kappa shape index (κ1) is 11.5. The van der Waals surface area contributed by atoms with Gasteiger partial charge in [-0.15, -0.1) is 11.3 Å². The first-order chi connectivity index (χ1) is 8.66. The molecule has 1 atom stereocenters. The van der Waals surface area contributed by atoms with Crippen molar-refractivity contribution in [2.24, 2.45) is 0 Å². The molecule has 0 fully saturated rings. The van der Waals surface area contributed by atoms with Crippen molar-refractivity contribution < 1.29 is 4.79 Å². The Morgan fingerprint density at radius 3 is 2.78 bits per heavy atom. The van der Waals surface area contributed by atoms with Crippen molar-refractivity contribution in [1.29, 1.82) is 0 Å². The molecule has 1 amide bonds. The van der Waals surface area contributed by atoms with E-state index in [2.05, 4.69) is 36.7 Å². The van der Waals surface area contributed by atoms with Gasteiger partial charge in [0.1, 0.15) is 0 Å². The second-order valence-corrected chi connectivity index (χ2v) is 5.76. The molecule has 0 saturated heterocycles. The van der Waals surface area contributed by atoms with Crippen LogP contribution in [0.25, 0.3) is 10.4 Å². The van der Waals surface area contributed by atoms with Gasteiger partial charge in [-0.05, 0) is 54.5 Å². The largest absolute Gasteiger partial charge is 0.349 e. The molecular weight excluding hydrogens is 242 g/mol. The van der Waals surface area contributed by atoms with E-state index in [4.69, 9.17) is 0 Å². The lowest BCUT2D eigenvalue weighted by atomic mass is 9.90. The Morgan fingerprint density at radius 1 is 1.28 bits per heavy atom. The number of hydrogen-bond donors (Lipinski definition) is 1. The molecule has 1 N–H and O–H groups in total. The number of carbonyl (C=O) groups is 1. The van der Waals surface area contributed by atoms with Gasteiger partial charge in [0.05, 0.1) is 0 Å². The summed E-state index contributed by atoms with van der Waals surface area (Å²) in [5.41, 5.74) is 4.53. The number of aryl methyl sites for hydroxylation is 1. The molecule has 2 heterocycles. The summed E-state index contributed by atoms with van der Waals surface area (Å²) in [6.45, 7) is 4.18. The minimum atomic E-state index is 0.0554. The second kappa shape index (κ2) is 4.25. The van der Waals surface area contributed by atoms with Gasteiger partial charge in [0.25, 0.3) is 5.91 Å². The average Bonchev–Trinajstić information content (AvgIpc) is 2.74. The highest BCUT2D eigenvalue weighted by Gasteiger charge is 2.24. The predicted octanol–water partition coefficient (Wildman–Crippen LogP) is 3.40. The zero-order valence-electron chi connectivity index (χ0n) is 10.5. The van der Waals surface area contributed by atoms with E-state index >= 15 is 0 Å². The maximum Gasteiger partial charge on any atom is 0.251 e. The van der Waals surface area contributed by atoms with Gasteiger partial charge >= 0.3 is 0 Å². The van der Waals surface area contributed by atoms with E-state index in [9.17, 15) is 4.79 Å². The molecule has 0 saturated carbocycles. The molecule has 0 radical (unpaired) electrons. The van der Waals surface area contributed by atoms with Gasteiger partial charge in [0.2, 0.25) is 0 Å². The summed E-state index contributed by atoms with van der Waals surface area (Å²) in [4.78, 5) is 13.3. The van der Waals surface area contributed by atoms with Crippen LogP contribution in [0.15, 0.2) is 29.6 Å². The Morgan fingerprint density at radius 2 is 2.06 bits per heavy atom. The highest BCUT2D eigenvalue weighted by molar-refractivity contribution is 7.13. The number of nitrogens with one attached hydrogen (secondary N) is 1. The highest BCUT2D eigenvalue weighted by atomic mass is 32.1. The van der Waals surface area contributed by atoms with Crippen LogP contribution in [0.3, 0.4) is 0 Å². The van der Waals surface area contributed by atoms with E-state index in [1.165, 1.54) is 21.6 Å². The van der Waals surface area contributed by atoms with Crippen LogP contribution in [0.1, 0.15) is 28.4 Å². The number of carbonyl (C=O) groups excluding carboxylic acids is 1. The molecule has 2 nitrogen and oxygen atoms in total. The van der Waals surface area contributed by atoms with Crippen molar-refractivity contribution in [3.8, 4) is 10.4 Å². The molecule has 18 heavy (non-hydrogen) atoms. The molecule has 1 aromatic carbocycles. The Kier molecular flexibility index (Phi) is 2.71. The molecule has 0 aliphatic carbocycles. The Hall–Kier alpha value is -1.61. The molecule has 3 heteroatoms. The monoisotopic (exact) mass is 257 g/mol. The zero-order chi connectivity index (χ0) is 12.7. The number of hydrogen-bond acceptors (Lipinski definition) is 2. The molecule has 1 aliphatic rings. The van der Waals surface area contributed by atoms with Crippen LogP contribution in [0.5, 0.6) is 0 Å². The van der Waals surface area contributed by atoms with Crippen LogP contribution in [0.2, 0.25) is 0 Å². The minimum Gasteiger partial charge on any atom is -0.349 e. The highest BCUT2D eigenvalue weighted by Crippen LogP contribution is 2.34. The lowest BCUT2D eigenvalue weighted by Crippen LogP contribution is -2.39. The summed E-state index contributed by atoms with van der Waals surface area (Å²) in [6.07, 6.45) is 0.911. The average molecular weight is 257 g/mol. The standard InChI is InChI=1S/C15H15NOS/c1-9-6-7-18-14(9)11-4-3-5-12-13(11)8-10(2)16-15(12)17/h3-7,10H,8H2,1-2H3,(H,16,17). The lowest BCUT2D eigenvalue weighted by molar-refractivity contribution is 0.0929. The molecule has 0 spiro atoms. The maximum atomic E-state index is 12.0. The summed E-state index contributed by atoms with van der Waals surface area (Å²) in [5, 5.41) is 5.09. The van der Waals surface area contributed by atoms with Crippen LogP contribution >= 0.6 is 11.3 Å². The van der Waals surface area contributed by atoms with Crippen LogP contribution in [0, 0.1) is 6.92 Å². The van der Waals surface area contributed by atoms with E-state index < -0.39 is 0 Å². The SMILES string of the molecule is Cc1ccsc1-c1cccc2c1CC(C)NC2=O. The van der Waals surface area contributed by atoms with Crippen molar-refractivity contribution >= 4 is 17.2 Å². The van der Waals surface area contributed by atoms with E-state index in [1.807, 2.05) is 12.1 Å². The Balaban J connectivity index is 2.21. The molecule has 1 unspecified atom stereocenters. The number of benzene rings is 1. The third-order valence-corrected chi connectivity index (χ3v) is 4.46. The summed E-state index contributed by atoms with van der Waals surface area (Å²) < 4.78 is 0.